The fourth-order valence-electron chi connectivity index (χ4n) is 4.37. The monoisotopic (exact) mass is 421 g/mol. The summed E-state index contributed by atoms with van der Waals surface area (Å²) >= 11 is 1.56. The number of amides is 1. The van der Waals surface area contributed by atoms with Gasteiger partial charge in [-0.05, 0) is 42.7 Å². The highest BCUT2D eigenvalue weighted by atomic mass is 32.1. The maximum absolute atomic E-state index is 13.5. The number of thiazole rings is 1. The van der Waals surface area contributed by atoms with Crippen LogP contribution in [0, 0.1) is 0 Å². The van der Waals surface area contributed by atoms with Gasteiger partial charge in [0.2, 0.25) is 12.7 Å². The summed E-state index contributed by atoms with van der Waals surface area (Å²) in [4.78, 5) is 22.2. The number of nitrogens with zero attached hydrogens (tertiary/aromatic N) is 2. The molecule has 0 spiro atoms. The first-order valence-corrected chi connectivity index (χ1v) is 11.2. The molecule has 154 valence electrons. The summed E-state index contributed by atoms with van der Waals surface area (Å²) in [6.45, 7) is 0.669. The van der Waals surface area contributed by atoms with E-state index >= 15 is 0 Å². The Hall–Kier alpha value is -2.93. The zero-order valence-corrected chi connectivity index (χ0v) is 17.4. The van der Waals surface area contributed by atoms with E-state index in [1.165, 1.54) is 6.42 Å². The maximum Gasteiger partial charge on any atom is 0.231 e. The Kier molecular flexibility index (Phi) is 5.12. The largest absolute Gasteiger partial charge is 0.454 e. The van der Waals surface area contributed by atoms with Crippen LogP contribution in [-0.4, -0.2) is 22.7 Å². The van der Waals surface area contributed by atoms with Gasteiger partial charge < -0.3 is 14.8 Å². The minimum atomic E-state index is -0.523. The van der Waals surface area contributed by atoms with Crippen molar-refractivity contribution in [3.8, 4) is 22.8 Å². The van der Waals surface area contributed by atoms with Crippen LogP contribution in [0.25, 0.3) is 11.3 Å². The highest BCUT2D eigenvalue weighted by Crippen LogP contribution is 2.43. The number of rotatable bonds is 5. The lowest BCUT2D eigenvalue weighted by Crippen LogP contribution is -2.45. The van der Waals surface area contributed by atoms with Crippen LogP contribution in [0.1, 0.15) is 42.7 Å². The molecule has 0 radical (unpaired) electrons. The van der Waals surface area contributed by atoms with E-state index in [4.69, 9.17) is 9.47 Å². The molecule has 3 aromatic rings. The number of nitrogens with one attached hydrogen (secondary N) is 1. The Balaban J connectivity index is 1.34. The van der Waals surface area contributed by atoms with E-state index in [2.05, 4.69) is 15.3 Å². The van der Waals surface area contributed by atoms with Gasteiger partial charge in [0.05, 0.1) is 17.7 Å². The van der Waals surface area contributed by atoms with Crippen LogP contribution in [0.3, 0.4) is 0 Å². The molecule has 1 aliphatic carbocycles. The van der Waals surface area contributed by atoms with Crippen LogP contribution in [0.2, 0.25) is 0 Å². The molecule has 3 heterocycles. The van der Waals surface area contributed by atoms with E-state index < -0.39 is 5.41 Å². The Labute approximate surface area is 179 Å². The Bertz CT molecular complexity index is 1040. The van der Waals surface area contributed by atoms with E-state index in [0.29, 0.717) is 6.54 Å². The number of benzene rings is 1. The SMILES string of the molecule is O=C(NCc1nc(-c2ccncc2)cs1)C1(c2ccc3c(c2)OCO3)CCCCC1. The molecule has 1 aromatic carbocycles. The van der Waals surface area contributed by atoms with Crippen molar-refractivity contribution >= 4 is 17.2 Å². The van der Waals surface area contributed by atoms with Gasteiger partial charge in [0, 0.05) is 23.3 Å². The van der Waals surface area contributed by atoms with Gasteiger partial charge in [-0.3, -0.25) is 9.78 Å². The average molecular weight is 422 g/mol. The van der Waals surface area contributed by atoms with Crippen LogP contribution in [0.4, 0.5) is 0 Å². The van der Waals surface area contributed by atoms with Gasteiger partial charge in [0.1, 0.15) is 5.01 Å². The summed E-state index contributed by atoms with van der Waals surface area (Å²) < 4.78 is 11.0. The van der Waals surface area contributed by atoms with Crippen LogP contribution in [-0.2, 0) is 16.8 Å². The molecule has 2 aliphatic rings. The van der Waals surface area contributed by atoms with E-state index in [1.54, 1.807) is 23.7 Å². The maximum atomic E-state index is 13.5. The van der Waals surface area contributed by atoms with Gasteiger partial charge in [-0.1, -0.05) is 25.3 Å². The van der Waals surface area contributed by atoms with Crippen LogP contribution < -0.4 is 14.8 Å². The lowest BCUT2D eigenvalue weighted by Gasteiger charge is -2.36. The Morgan fingerprint density at radius 2 is 1.87 bits per heavy atom. The van der Waals surface area contributed by atoms with Gasteiger partial charge in [0.15, 0.2) is 11.5 Å². The summed E-state index contributed by atoms with van der Waals surface area (Å²) in [6.07, 6.45) is 8.47. The van der Waals surface area contributed by atoms with Crippen molar-refractivity contribution in [3.63, 3.8) is 0 Å². The van der Waals surface area contributed by atoms with Crippen molar-refractivity contribution in [2.45, 2.75) is 44.1 Å². The fourth-order valence-corrected chi connectivity index (χ4v) is 5.11. The van der Waals surface area contributed by atoms with Gasteiger partial charge >= 0.3 is 0 Å². The molecule has 1 saturated carbocycles. The minimum Gasteiger partial charge on any atom is -0.454 e. The summed E-state index contributed by atoms with van der Waals surface area (Å²) in [5, 5.41) is 6.08. The molecule has 6 nitrogen and oxygen atoms in total. The molecule has 0 bridgehead atoms. The fraction of sp³-hybridized carbons (Fsp3) is 0.348. The summed E-state index contributed by atoms with van der Waals surface area (Å²) in [5.74, 6) is 1.55. The molecular weight excluding hydrogens is 398 g/mol. The number of fused-ring (bicyclic) bond motifs is 1. The smallest absolute Gasteiger partial charge is 0.231 e. The molecule has 0 saturated heterocycles. The molecule has 0 unspecified atom stereocenters. The second-order valence-electron chi connectivity index (χ2n) is 7.76. The van der Waals surface area contributed by atoms with Crippen molar-refractivity contribution in [3.05, 3.63) is 58.7 Å². The second kappa shape index (κ2) is 8.07. The first-order valence-electron chi connectivity index (χ1n) is 10.3. The number of hydrogen-bond acceptors (Lipinski definition) is 6. The zero-order chi connectivity index (χ0) is 20.4. The third kappa shape index (κ3) is 3.54. The van der Waals surface area contributed by atoms with E-state index in [1.807, 2.05) is 35.7 Å². The number of carbonyl (C=O) groups is 1. The van der Waals surface area contributed by atoms with Crippen molar-refractivity contribution in [1.82, 2.24) is 15.3 Å². The number of carbonyl (C=O) groups excluding carboxylic acids is 1. The van der Waals surface area contributed by atoms with Crippen LogP contribution >= 0.6 is 11.3 Å². The van der Waals surface area contributed by atoms with Gasteiger partial charge in [-0.2, -0.15) is 0 Å². The van der Waals surface area contributed by atoms with Gasteiger partial charge in [0.25, 0.3) is 0 Å². The zero-order valence-electron chi connectivity index (χ0n) is 16.6. The minimum absolute atomic E-state index is 0.0710. The lowest BCUT2D eigenvalue weighted by atomic mass is 9.68. The first-order chi connectivity index (χ1) is 14.7. The topological polar surface area (TPSA) is 73.3 Å². The molecule has 1 fully saturated rings. The summed E-state index contributed by atoms with van der Waals surface area (Å²) in [7, 11) is 0. The summed E-state index contributed by atoms with van der Waals surface area (Å²) in [6, 6.07) is 9.80. The second-order valence-corrected chi connectivity index (χ2v) is 8.70. The van der Waals surface area contributed by atoms with E-state index in [0.717, 1.165) is 59.0 Å². The highest BCUT2D eigenvalue weighted by molar-refractivity contribution is 7.09. The molecule has 0 atom stereocenters. The molecule has 5 rings (SSSR count). The number of hydrogen-bond donors (Lipinski definition) is 1. The quantitative estimate of drug-likeness (QED) is 0.659. The third-order valence-electron chi connectivity index (χ3n) is 5.99. The molecule has 2 aromatic heterocycles. The van der Waals surface area contributed by atoms with Gasteiger partial charge in [-0.15, -0.1) is 11.3 Å². The predicted molar refractivity (Wildman–Crippen MR) is 115 cm³/mol. The standard InChI is InChI=1S/C23H23N3O3S/c27-22(25-13-21-26-18(14-30-21)16-6-10-24-11-7-16)23(8-2-1-3-9-23)17-4-5-19-20(12-17)29-15-28-19/h4-7,10-12,14H,1-3,8-9,13,15H2,(H,25,27). The molecule has 1 aliphatic heterocycles. The number of pyridine rings is 1. The van der Waals surface area contributed by atoms with E-state index in [9.17, 15) is 4.79 Å². The van der Waals surface area contributed by atoms with Crippen molar-refractivity contribution < 1.29 is 14.3 Å². The molecule has 30 heavy (non-hydrogen) atoms. The van der Waals surface area contributed by atoms with Crippen LogP contribution in [0.5, 0.6) is 11.5 Å². The highest BCUT2D eigenvalue weighted by Gasteiger charge is 2.41. The molecule has 1 amide bonds. The third-order valence-corrected chi connectivity index (χ3v) is 6.84. The normalized spacial score (nSPS) is 16.9. The predicted octanol–water partition coefficient (Wildman–Crippen LogP) is 4.45. The average Bonchev–Trinajstić information content (AvgIpc) is 3.47. The molecule has 1 N–H and O–H groups in total. The Morgan fingerprint density at radius 1 is 1.07 bits per heavy atom. The van der Waals surface area contributed by atoms with E-state index in [-0.39, 0.29) is 12.7 Å². The van der Waals surface area contributed by atoms with Crippen LogP contribution in [0.15, 0.2) is 48.1 Å². The molecule has 7 heteroatoms. The number of ether oxygens (including phenoxy) is 2. The van der Waals surface area contributed by atoms with Crippen molar-refractivity contribution in [2.75, 3.05) is 6.79 Å². The van der Waals surface area contributed by atoms with Crippen molar-refractivity contribution in [1.29, 1.82) is 0 Å². The summed E-state index contributed by atoms with van der Waals surface area (Å²) in [5.41, 5.74) is 2.43. The first kappa shape index (κ1) is 19.1. The van der Waals surface area contributed by atoms with Crippen molar-refractivity contribution in [2.24, 2.45) is 0 Å². The molecular formula is C23H23N3O3S. The Morgan fingerprint density at radius 3 is 2.70 bits per heavy atom. The lowest BCUT2D eigenvalue weighted by molar-refractivity contribution is -0.128. The number of aromatic nitrogens is 2. The van der Waals surface area contributed by atoms with Gasteiger partial charge in [-0.25, -0.2) is 4.98 Å².